The van der Waals surface area contributed by atoms with Crippen LogP contribution in [0.4, 0.5) is 10.8 Å². The molecule has 0 radical (unpaired) electrons. The molecule has 1 aromatic heterocycles. The van der Waals surface area contributed by atoms with Crippen molar-refractivity contribution >= 4 is 32.4 Å². The number of hydrogen-bond donors (Lipinski definition) is 1. The van der Waals surface area contributed by atoms with Crippen LogP contribution in [0.15, 0.2) is 46.6 Å². The van der Waals surface area contributed by atoms with Gasteiger partial charge in [0.1, 0.15) is 17.2 Å². The van der Waals surface area contributed by atoms with Gasteiger partial charge in [0.25, 0.3) is 0 Å². The number of aromatic nitrogens is 1. The minimum Gasteiger partial charge on any atom is -0.506 e. The predicted octanol–water partition coefficient (Wildman–Crippen LogP) is 5.12. The molecule has 0 unspecified atom stereocenters. The lowest BCUT2D eigenvalue weighted by atomic mass is 10.2. The summed E-state index contributed by atoms with van der Waals surface area (Å²) in [7, 11) is 0. The molecule has 0 spiro atoms. The minimum atomic E-state index is 0.106. The van der Waals surface area contributed by atoms with E-state index in [1.54, 1.807) is 12.1 Å². The highest BCUT2D eigenvalue weighted by molar-refractivity contribution is 7.21. The van der Waals surface area contributed by atoms with Gasteiger partial charge in [0.2, 0.25) is 5.13 Å². The van der Waals surface area contributed by atoms with E-state index >= 15 is 0 Å². The van der Waals surface area contributed by atoms with E-state index in [0.29, 0.717) is 17.4 Å². The van der Waals surface area contributed by atoms with Crippen LogP contribution < -0.4 is 4.74 Å². The molecule has 0 bridgehead atoms. The Morgan fingerprint density at radius 2 is 2.05 bits per heavy atom. The first kappa shape index (κ1) is 14.5. The second-order valence-electron chi connectivity index (χ2n) is 4.75. The molecule has 0 atom stereocenters. The van der Waals surface area contributed by atoms with Gasteiger partial charge in [-0.25, -0.2) is 4.98 Å². The van der Waals surface area contributed by atoms with E-state index in [1.807, 2.05) is 38.1 Å². The van der Waals surface area contributed by atoms with Gasteiger partial charge in [-0.1, -0.05) is 17.4 Å². The van der Waals surface area contributed by atoms with Gasteiger partial charge in [0.05, 0.1) is 16.8 Å². The molecule has 22 heavy (non-hydrogen) atoms. The van der Waals surface area contributed by atoms with Crippen LogP contribution in [-0.2, 0) is 0 Å². The highest BCUT2D eigenvalue weighted by atomic mass is 32.1. The van der Waals surface area contributed by atoms with Crippen molar-refractivity contribution in [2.75, 3.05) is 6.61 Å². The first-order chi connectivity index (χ1) is 10.7. The molecule has 112 valence electrons. The van der Waals surface area contributed by atoms with E-state index in [2.05, 4.69) is 15.2 Å². The van der Waals surface area contributed by atoms with Crippen LogP contribution in [0, 0.1) is 6.92 Å². The SMILES string of the molecule is CCOc1ccc2nc(N=Nc3cc(C)ccc3O)sc2c1. The Kier molecular flexibility index (Phi) is 4.02. The number of fused-ring (bicyclic) bond motifs is 1. The van der Waals surface area contributed by atoms with Gasteiger partial charge in [-0.2, -0.15) is 0 Å². The van der Waals surface area contributed by atoms with Crippen LogP contribution in [0.1, 0.15) is 12.5 Å². The summed E-state index contributed by atoms with van der Waals surface area (Å²) in [6.45, 7) is 4.51. The van der Waals surface area contributed by atoms with Crippen molar-refractivity contribution in [3.63, 3.8) is 0 Å². The van der Waals surface area contributed by atoms with E-state index in [9.17, 15) is 5.11 Å². The number of rotatable bonds is 4. The molecule has 3 aromatic rings. The number of nitrogens with zero attached hydrogens (tertiary/aromatic N) is 3. The molecule has 1 N–H and O–H groups in total. The standard InChI is InChI=1S/C16H15N3O2S/c1-3-21-11-5-6-12-15(9-11)22-16(17-12)19-18-13-8-10(2)4-7-14(13)20/h4-9,20H,3H2,1-2H3. The Hall–Kier alpha value is -2.47. The van der Waals surface area contributed by atoms with Crippen molar-refractivity contribution < 1.29 is 9.84 Å². The minimum absolute atomic E-state index is 0.106. The number of thiazole rings is 1. The molecule has 6 heteroatoms. The lowest BCUT2D eigenvalue weighted by Crippen LogP contribution is -1.89. The molecule has 2 aromatic carbocycles. The second-order valence-corrected chi connectivity index (χ2v) is 5.76. The number of aromatic hydroxyl groups is 1. The Balaban J connectivity index is 1.90. The van der Waals surface area contributed by atoms with Crippen LogP contribution in [0.5, 0.6) is 11.5 Å². The van der Waals surface area contributed by atoms with E-state index in [1.165, 1.54) is 11.3 Å². The lowest BCUT2D eigenvalue weighted by molar-refractivity contribution is 0.341. The molecule has 0 saturated heterocycles. The summed E-state index contributed by atoms with van der Waals surface area (Å²) in [5, 5.41) is 18.5. The van der Waals surface area contributed by atoms with Gasteiger partial charge >= 0.3 is 0 Å². The van der Waals surface area contributed by atoms with Crippen molar-refractivity contribution in [2.24, 2.45) is 10.2 Å². The maximum absolute atomic E-state index is 9.76. The lowest BCUT2D eigenvalue weighted by Gasteiger charge is -2.00. The van der Waals surface area contributed by atoms with Crippen LogP contribution in [-0.4, -0.2) is 16.7 Å². The van der Waals surface area contributed by atoms with Crippen molar-refractivity contribution in [3.05, 3.63) is 42.0 Å². The predicted molar refractivity (Wildman–Crippen MR) is 87.8 cm³/mol. The normalized spacial score (nSPS) is 11.4. The third kappa shape index (κ3) is 3.07. The van der Waals surface area contributed by atoms with Crippen LogP contribution in [0.25, 0.3) is 10.2 Å². The molecular weight excluding hydrogens is 298 g/mol. The van der Waals surface area contributed by atoms with Gasteiger partial charge in [-0.3, -0.25) is 0 Å². The summed E-state index contributed by atoms with van der Waals surface area (Å²) >= 11 is 1.43. The van der Waals surface area contributed by atoms with Crippen molar-refractivity contribution in [1.29, 1.82) is 0 Å². The monoisotopic (exact) mass is 313 g/mol. The Bertz CT molecular complexity index is 843. The van der Waals surface area contributed by atoms with Crippen LogP contribution in [0.2, 0.25) is 0 Å². The number of aryl methyl sites for hydroxylation is 1. The number of benzene rings is 2. The molecule has 0 fully saturated rings. The summed E-state index contributed by atoms with van der Waals surface area (Å²) < 4.78 is 6.47. The van der Waals surface area contributed by atoms with Crippen molar-refractivity contribution in [1.82, 2.24) is 4.98 Å². The third-order valence-corrected chi connectivity index (χ3v) is 3.94. The highest BCUT2D eigenvalue weighted by Gasteiger charge is 2.05. The van der Waals surface area contributed by atoms with Crippen molar-refractivity contribution in [2.45, 2.75) is 13.8 Å². The number of hydrogen-bond acceptors (Lipinski definition) is 6. The van der Waals surface area contributed by atoms with Gasteiger partial charge in [0, 0.05) is 0 Å². The topological polar surface area (TPSA) is 67.1 Å². The summed E-state index contributed by atoms with van der Waals surface area (Å²) in [5.74, 6) is 0.924. The molecule has 0 saturated carbocycles. The molecule has 1 heterocycles. The fourth-order valence-electron chi connectivity index (χ4n) is 2.00. The zero-order valence-corrected chi connectivity index (χ0v) is 13.1. The van der Waals surface area contributed by atoms with Gasteiger partial charge in [-0.05, 0) is 49.7 Å². The number of azo groups is 1. The summed E-state index contributed by atoms with van der Waals surface area (Å²) in [6, 6.07) is 10.9. The largest absolute Gasteiger partial charge is 0.506 e. The van der Waals surface area contributed by atoms with E-state index in [4.69, 9.17) is 4.74 Å². The van der Waals surface area contributed by atoms with Crippen LogP contribution >= 0.6 is 11.3 Å². The zero-order chi connectivity index (χ0) is 15.5. The quantitative estimate of drug-likeness (QED) is 0.679. The van der Waals surface area contributed by atoms with Crippen LogP contribution in [0.3, 0.4) is 0 Å². The maximum Gasteiger partial charge on any atom is 0.231 e. The molecule has 0 aliphatic carbocycles. The fourth-order valence-corrected chi connectivity index (χ4v) is 2.82. The summed E-state index contributed by atoms with van der Waals surface area (Å²) in [4.78, 5) is 4.40. The van der Waals surface area contributed by atoms with E-state index in [0.717, 1.165) is 21.5 Å². The average Bonchev–Trinajstić information content (AvgIpc) is 2.90. The van der Waals surface area contributed by atoms with E-state index < -0.39 is 0 Å². The van der Waals surface area contributed by atoms with Crippen molar-refractivity contribution in [3.8, 4) is 11.5 Å². The Morgan fingerprint density at radius 1 is 1.18 bits per heavy atom. The van der Waals surface area contributed by atoms with Gasteiger partial charge < -0.3 is 9.84 Å². The zero-order valence-electron chi connectivity index (χ0n) is 12.3. The molecule has 3 rings (SSSR count). The average molecular weight is 313 g/mol. The first-order valence-electron chi connectivity index (χ1n) is 6.90. The number of phenolic OH excluding ortho intramolecular Hbond substituents is 1. The molecular formula is C16H15N3O2S. The molecule has 0 aliphatic rings. The second kappa shape index (κ2) is 6.11. The Labute approximate surface area is 131 Å². The first-order valence-corrected chi connectivity index (χ1v) is 7.72. The third-order valence-electron chi connectivity index (χ3n) is 3.03. The highest BCUT2D eigenvalue weighted by Crippen LogP contribution is 2.33. The molecule has 0 amide bonds. The van der Waals surface area contributed by atoms with Gasteiger partial charge in [0.15, 0.2) is 0 Å². The summed E-state index contributed by atoms with van der Waals surface area (Å²) in [6.07, 6.45) is 0. The number of ether oxygens (including phenoxy) is 1. The number of phenols is 1. The smallest absolute Gasteiger partial charge is 0.231 e. The molecule has 5 nitrogen and oxygen atoms in total. The van der Waals surface area contributed by atoms with Gasteiger partial charge in [-0.15, -0.1) is 10.2 Å². The Morgan fingerprint density at radius 3 is 2.86 bits per heavy atom. The van der Waals surface area contributed by atoms with E-state index in [-0.39, 0.29) is 5.75 Å². The fraction of sp³-hybridized carbons (Fsp3) is 0.188. The maximum atomic E-state index is 9.76. The summed E-state index contributed by atoms with van der Waals surface area (Å²) in [5.41, 5.74) is 2.31. The molecule has 0 aliphatic heterocycles.